The number of rotatable bonds is 3. The van der Waals surface area contributed by atoms with Crippen molar-refractivity contribution >= 4 is 0 Å². The van der Waals surface area contributed by atoms with E-state index in [0.29, 0.717) is 31.6 Å². The van der Waals surface area contributed by atoms with Crippen molar-refractivity contribution in [2.75, 3.05) is 26.3 Å². The first-order chi connectivity index (χ1) is 9.17. The standard InChI is InChI=1S/C13H21N3O3/c1-10(2)12-14-11(19-15-12)8-16-5-3-4-13(9-16)17-6-7-18-13/h10H,3-9H2,1-2H3. The second-order valence-corrected chi connectivity index (χ2v) is 5.62. The van der Waals surface area contributed by atoms with Gasteiger partial charge in [-0.2, -0.15) is 4.98 Å². The molecule has 0 unspecified atom stereocenters. The zero-order valence-corrected chi connectivity index (χ0v) is 11.6. The van der Waals surface area contributed by atoms with Crippen molar-refractivity contribution in [3.63, 3.8) is 0 Å². The molecule has 2 aliphatic rings. The lowest BCUT2D eigenvalue weighted by Gasteiger charge is -2.37. The summed E-state index contributed by atoms with van der Waals surface area (Å²) in [4.78, 5) is 6.69. The average Bonchev–Trinajstić information content (AvgIpc) is 3.00. The molecule has 0 N–H and O–H groups in total. The highest BCUT2D eigenvalue weighted by Crippen LogP contribution is 2.30. The maximum atomic E-state index is 5.76. The molecule has 6 heteroatoms. The van der Waals surface area contributed by atoms with E-state index in [1.165, 1.54) is 0 Å². The topological polar surface area (TPSA) is 60.6 Å². The van der Waals surface area contributed by atoms with Crippen molar-refractivity contribution in [3.8, 4) is 0 Å². The normalized spacial score (nSPS) is 23.5. The smallest absolute Gasteiger partial charge is 0.240 e. The third-order valence-electron chi connectivity index (χ3n) is 3.67. The molecule has 6 nitrogen and oxygen atoms in total. The quantitative estimate of drug-likeness (QED) is 0.827. The number of aromatic nitrogens is 2. The molecule has 3 heterocycles. The maximum Gasteiger partial charge on any atom is 0.240 e. The van der Waals surface area contributed by atoms with Crippen LogP contribution in [0.5, 0.6) is 0 Å². The molecule has 19 heavy (non-hydrogen) atoms. The van der Waals surface area contributed by atoms with E-state index in [9.17, 15) is 0 Å². The molecule has 1 aromatic heterocycles. The molecular weight excluding hydrogens is 246 g/mol. The van der Waals surface area contributed by atoms with Gasteiger partial charge in [0.1, 0.15) is 0 Å². The molecule has 2 fully saturated rings. The minimum Gasteiger partial charge on any atom is -0.346 e. The molecule has 2 aliphatic heterocycles. The van der Waals surface area contributed by atoms with Crippen LogP contribution in [-0.2, 0) is 16.0 Å². The Morgan fingerprint density at radius 2 is 2.11 bits per heavy atom. The fourth-order valence-electron chi connectivity index (χ4n) is 2.70. The van der Waals surface area contributed by atoms with Crippen LogP contribution in [0, 0.1) is 0 Å². The first kappa shape index (κ1) is 13.0. The van der Waals surface area contributed by atoms with E-state index in [1.807, 2.05) is 0 Å². The maximum absolute atomic E-state index is 5.76. The Bertz CT molecular complexity index is 427. The van der Waals surface area contributed by atoms with Crippen molar-refractivity contribution in [1.82, 2.24) is 15.0 Å². The molecule has 0 saturated carbocycles. The van der Waals surface area contributed by atoms with Gasteiger partial charge in [-0.05, 0) is 13.0 Å². The number of hydrogen-bond donors (Lipinski definition) is 0. The van der Waals surface area contributed by atoms with Gasteiger partial charge in [-0.3, -0.25) is 4.90 Å². The van der Waals surface area contributed by atoms with Crippen molar-refractivity contribution in [2.24, 2.45) is 0 Å². The highest BCUT2D eigenvalue weighted by molar-refractivity contribution is 4.93. The molecule has 0 atom stereocenters. The summed E-state index contributed by atoms with van der Waals surface area (Å²) in [6.45, 7) is 8.00. The molecular formula is C13H21N3O3. The Balaban J connectivity index is 1.62. The monoisotopic (exact) mass is 267 g/mol. The molecule has 1 aromatic rings. The predicted molar refractivity (Wildman–Crippen MR) is 67.5 cm³/mol. The van der Waals surface area contributed by atoms with Gasteiger partial charge < -0.3 is 14.0 Å². The zero-order valence-electron chi connectivity index (χ0n) is 11.6. The Kier molecular flexibility index (Phi) is 3.56. The van der Waals surface area contributed by atoms with Crippen molar-refractivity contribution in [2.45, 2.75) is 44.9 Å². The molecule has 0 bridgehead atoms. The lowest BCUT2D eigenvalue weighted by atomic mass is 10.0. The van der Waals surface area contributed by atoms with Crippen molar-refractivity contribution in [1.29, 1.82) is 0 Å². The fraction of sp³-hybridized carbons (Fsp3) is 0.846. The Morgan fingerprint density at radius 3 is 2.79 bits per heavy atom. The van der Waals surface area contributed by atoms with E-state index in [0.717, 1.165) is 31.8 Å². The van der Waals surface area contributed by atoms with Gasteiger partial charge in [-0.15, -0.1) is 0 Å². The Labute approximate surface area is 113 Å². The largest absolute Gasteiger partial charge is 0.346 e. The van der Waals surface area contributed by atoms with Crippen LogP contribution in [0.25, 0.3) is 0 Å². The number of ether oxygens (including phenoxy) is 2. The summed E-state index contributed by atoms with van der Waals surface area (Å²) in [5.41, 5.74) is 0. The van der Waals surface area contributed by atoms with Gasteiger partial charge in [0.15, 0.2) is 11.6 Å². The van der Waals surface area contributed by atoms with Crippen LogP contribution in [-0.4, -0.2) is 47.1 Å². The highest BCUT2D eigenvalue weighted by atomic mass is 16.7. The Morgan fingerprint density at radius 1 is 1.32 bits per heavy atom. The minimum atomic E-state index is -0.390. The van der Waals surface area contributed by atoms with Gasteiger partial charge >= 0.3 is 0 Å². The second kappa shape index (κ2) is 5.19. The average molecular weight is 267 g/mol. The van der Waals surface area contributed by atoms with Gasteiger partial charge in [0, 0.05) is 12.3 Å². The van der Waals surface area contributed by atoms with Crippen LogP contribution >= 0.6 is 0 Å². The van der Waals surface area contributed by atoms with Gasteiger partial charge in [0.2, 0.25) is 5.89 Å². The molecule has 2 saturated heterocycles. The third-order valence-corrected chi connectivity index (χ3v) is 3.67. The fourth-order valence-corrected chi connectivity index (χ4v) is 2.70. The number of nitrogens with zero attached hydrogens (tertiary/aromatic N) is 3. The lowest BCUT2D eigenvalue weighted by molar-refractivity contribution is -0.190. The van der Waals surface area contributed by atoms with E-state index >= 15 is 0 Å². The van der Waals surface area contributed by atoms with Gasteiger partial charge in [-0.1, -0.05) is 19.0 Å². The van der Waals surface area contributed by atoms with Crippen LogP contribution in [0.3, 0.4) is 0 Å². The summed E-state index contributed by atoms with van der Waals surface area (Å²) in [6.07, 6.45) is 2.05. The van der Waals surface area contributed by atoms with Crippen LogP contribution in [0.2, 0.25) is 0 Å². The molecule has 106 valence electrons. The van der Waals surface area contributed by atoms with E-state index in [-0.39, 0.29) is 5.79 Å². The van der Waals surface area contributed by atoms with E-state index in [2.05, 4.69) is 28.9 Å². The first-order valence-corrected chi connectivity index (χ1v) is 7.00. The van der Waals surface area contributed by atoms with Gasteiger partial charge in [0.25, 0.3) is 0 Å². The van der Waals surface area contributed by atoms with Crippen LogP contribution in [0.15, 0.2) is 4.52 Å². The summed E-state index contributed by atoms with van der Waals surface area (Å²) in [6, 6.07) is 0. The summed E-state index contributed by atoms with van der Waals surface area (Å²) in [5.74, 6) is 1.36. The van der Waals surface area contributed by atoms with E-state index < -0.39 is 0 Å². The zero-order chi connectivity index (χ0) is 13.3. The third kappa shape index (κ3) is 2.80. The number of piperidine rings is 1. The molecule has 0 aromatic carbocycles. The van der Waals surface area contributed by atoms with Crippen LogP contribution < -0.4 is 0 Å². The van der Waals surface area contributed by atoms with Gasteiger partial charge in [-0.25, -0.2) is 0 Å². The van der Waals surface area contributed by atoms with E-state index in [1.54, 1.807) is 0 Å². The molecule has 1 spiro atoms. The summed E-state index contributed by atoms with van der Waals surface area (Å²) < 4.78 is 16.8. The number of hydrogen-bond acceptors (Lipinski definition) is 6. The molecule has 0 aliphatic carbocycles. The highest BCUT2D eigenvalue weighted by Gasteiger charge is 2.40. The Hall–Kier alpha value is -0.980. The second-order valence-electron chi connectivity index (χ2n) is 5.62. The van der Waals surface area contributed by atoms with Crippen molar-refractivity contribution in [3.05, 3.63) is 11.7 Å². The summed E-state index contributed by atoms with van der Waals surface area (Å²) in [5, 5.41) is 3.99. The van der Waals surface area contributed by atoms with Crippen LogP contribution in [0.4, 0.5) is 0 Å². The molecule has 3 rings (SSSR count). The number of likely N-dealkylation sites (tertiary alicyclic amines) is 1. The first-order valence-electron chi connectivity index (χ1n) is 7.00. The van der Waals surface area contributed by atoms with Gasteiger partial charge in [0.05, 0.1) is 26.3 Å². The summed E-state index contributed by atoms with van der Waals surface area (Å²) in [7, 11) is 0. The van der Waals surface area contributed by atoms with Crippen molar-refractivity contribution < 1.29 is 14.0 Å². The summed E-state index contributed by atoms with van der Waals surface area (Å²) >= 11 is 0. The SMILES string of the molecule is CC(C)c1noc(CN2CCCC3(C2)OCCO3)n1. The molecule has 0 amide bonds. The predicted octanol–water partition coefficient (Wildman–Crippen LogP) is 1.53. The molecule has 0 radical (unpaired) electrons. The van der Waals surface area contributed by atoms with E-state index in [4.69, 9.17) is 14.0 Å². The minimum absolute atomic E-state index is 0.298. The lowest BCUT2D eigenvalue weighted by Crippen LogP contribution is -2.48. The van der Waals surface area contributed by atoms with Crippen LogP contribution in [0.1, 0.15) is 44.3 Å².